The molecule has 0 bridgehead atoms. The first kappa shape index (κ1) is 24.1. The highest BCUT2D eigenvalue weighted by atomic mass is 16.5. The molecule has 0 unspecified atom stereocenters. The predicted molar refractivity (Wildman–Crippen MR) is 130 cm³/mol. The summed E-state index contributed by atoms with van der Waals surface area (Å²) in [5, 5.41) is 9.67. The number of amides is 3. The number of nitrogens with one attached hydrogen (secondary N) is 2. The van der Waals surface area contributed by atoms with Gasteiger partial charge in [0, 0.05) is 38.4 Å². The number of carbonyl (C=O) groups is 2. The van der Waals surface area contributed by atoms with E-state index in [1.165, 1.54) is 0 Å². The van der Waals surface area contributed by atoms with Crippen LogP contribution in [-0.4, -0.2) is 79.0 Å². The molecule has 10 heteroatoms. The molecule has 1 aliphatic heterocycles. The van der Waals surface area contributed by atoms with Gasteiger partial charge in [-0.15, -0.1) is 0 Å². The summed E-state index contributed by atoms with van der Waals surface area (Å²) < 4.78 is 16.5. The summed E-state index contributed by atoms with van der Waals surface area (Å²) in [6.07, 6.45) is 3.45. The number of rotatable bonds is 8. The maximum absolute atomic E-state index is 12.9. The van der Waals surface area contributed by atoms with E-state index in [0.717, 1.165) is 22.4 Å². The van der Waals surface area contributed by atoms with Gasteiger partial charge in [-0.25, -0.2) is 4.79 Å². The third-order valence-corrected chi connectivity index (χ3v) is 5.67. The van der Waals surface area contributed by atoms with E-state index in [0.29, 0.717) is 44.3 Å². The van der Waals surface area contributed by atoms with E-state index in [9.17, 15) is 9.59 Å². The van der Waals surface area contributed by atoms with Gasteiger partial charge in [0.25, 0.3) is 5.91 Å². The molecule has 0 saturated carbocycles. The van der Waals surface area contributed by atoms with Crippen LogP contribution in [-0.2, 0) is 16.1 Å². The van der Waals surface area contributed by atoms with Gasteiger partial charge in [0.2, 0.25) is 0 Å². The first-order chi connectivity index (χ1) is 17.0. The van der Waals surface area contributed by atoms with Crippen LogP contribution in [0.4, 0.5) is 10.5 Å². The second kappa shape index (κ2) is 11.4. The molecule has 1 saturated heterocycles. The van der Waals surface area contributed by atoms with Gasteiger partial charge in [0.05, 0.1) is 32.2 Å². The van der Waals surface area contributed by atoms with E-state index in [2.05, 4.69) is 15.5 Å². The molecular weight excluding hydrogens is 450 g/mol. The van der Waals surface area contributed by atoms with E-state index in [1.807, 2.05) is 30.3 Å². The Morgan fingerprint density at radius 1 is 1.17 bits per heavy atom. The largest absolute Gasteiger partial charge is 0.497 e. The minimum atomic E-state index is -0.312. The minimum Gasteiger partial charge on any atom is -0.497 e. The van der Waals surface area contributed by atoms with Crippen LogP contribution in [0.1, 0.15) is 5.56 Å². The smallest absolute Gasteiger partial charge is 0.321 e. The predicted octanol–water partition coefficient (Wildman–Crippen LogP) is 2.99. The molecule has 3 amide bonds. The van der Waals surface area contributed by atoms with Gasteiger partial charge in [-0.2, -0.15) is 5.10 Å². The third kappa shape index (κ3) is 6.30. The zero-order valence-corrected chi connectivity index (χ0v) is 19.8. The lowest BCUT2D eigenvalue weighted by Gasteiger charge is -2.27. The van der Waals surface area contributed by atoms with E-state index >= 15 is 0 Å². The lowest BCUT2D eigenvalue weighted by Crippen LogP contribution is -2.43. The molecule has 10 nitrogen and oxygen atoms in total. The number of methoxy groups -OCH3 is 1. The molecule has 4 rings (SSSR count). The van der Waals surface area contributed by atoms with E-state index in [-0.39, 0.29) is 18.5 Å². The molecule has 2 heterocycles. The van der Waals surface area contributed by atoms with Gasteiger partial charge in [-0.05, 0) is 35.4 Å². The van der Waals surface area contributed by atoms with Crippen molar-refractivity contribution in [1.29, 1.82) is 0 Å². The highest BCUT2D eigenvalue weighted by Gasteiger charge is 2.19. The number of aromatic amines is 1. The number of anilines is 1. The van der Waals surface area contributed by atoms with Gasteiger partial charge in [0.1, 0.15) is 11.5 Å². The minimum absolute atomic E-state index is 0.130. The molecule has 35 heavy (non-hydrogen) atoms. The summed E-state index contributed by atoms with van der Waals surface area (Å²) in [5.74, 6) is 0.995. The molecule has 0 spiro atoms. The van der Waals surface area contributed by atoms with Gasteiger partial charge in [-0.3, -0.25) is 9.89 Å². The number of benzene rings is 2. The van der Waals surface area contributed by atoms with Crippen molar-refractivity contribution in [3.63, 3.8) is 0 Å². The Morgan fingerprint density at radius 3 is 2.74 bits per heavy atom. The zero-order valence-electron chi connectivity index (χ0n) is 19.8. The number of nitrogens with zero attached hydrogens (tertiary/aromatic N) is 3. The van der Waals surface area contributed by atoms with Crippen molar-refractivity contribution in [2.45, 2.75) is 6.54 Å². The third-order valence-electron chi connectivity index (χ3n) is 5.67. The fourth-order valence-corrected chi connectivity index (χ4v) is 3.70. The van der Waals surface area contributed by atoms with Crippen LogP contribution in [0.2, 0.25) is 0 Å². The van der Waals surface area contributed by atoms with Crippen molar-refractivity contribution in [3.05, 3.63) is 60.4 Å². The first-order valence-electron chi connectivity index (χ1n) is 11.3. The van der Waals surface area contributed by atoms with Crippen LogP contribution >= 0.6 is 0 Å². The first-order valence-corrected chi connectivity index (χ1v) is 11.3. The quantitative estimate of drug-likeness (QED) is 0.514. The van der Waals surface area contributed by atoms with Gasteiger partial charge in [0.15, 0.2) is 6.61 Å². The van der Waals surface area contributed by atoms with Crippen molar-refractivity contribution in [2.24, 2.45) is 0 Å². The van der Waals surface area contributed by atoms with Crippen LogP contribution < -0.4 is 14.8 Å². The van der Waals surface area contributed by atoms with Crippen LogP contribution in [0, 0.1) is 0 Å². The van der Waals surface area contributed by atoms with Crippen LogP contribution in [0.5, 0.6) is 11.5 Å². The second-order valence-corrected chi connectivity index (χ2v) is 8.12. The second-order valence-electron chi connectivity index (χ2n) is 8.12. The summed E-state index contributed by atoms with van der Waals surface area (Å²) in [4.78, 5) is 28.8. The lowest BCUT2D eigenvalue weighted by molar-refractivity contribution is -0.137. The van der Waals surface area contributed by atoms with Gasteiger partial charge >= 0.3 is 6.03 Å². The van der Waals surface area contributed by atoms with Crippen LogP contribution in [0.15, 0.2) is 54.9 Å². The molecule has 1 fully saturated rings. The number of aromatic nitrogens is 2. The Kier molecular flexibility index (Phi) is 7.84. The summed E-state index contributed by atoms with van der Waals surface area (Å²) in [5.41, 5.74) is 3.11. The number of hydrogen-bond acceptors (Lipinski definition) is 6. The standard InChI is InChI=1S/C25H29N5O5/c1-29(16-18-4-3-5-21(12-18)33-2)25(32)28-22-7-6-19(20-14-26-27-15-20)13-23(22)35-17-24(31)30-8-10-34-11-9-30/h3-7,12-15H,8-11,16-17H2,1-2H3,(H,26,27)(H,28,32). The lowest BCUT2D eigenvalue weighted by atomic mass is 10.1. The zero-order chi connectivity index (χ0) is 24.6. The van der Waals surface area contributed by atoms with Crippen molar-refractivity contribution in [3.8, 4) is 22.6 Å². The summed E-state index contributed by atoms with van der Waals surface area (Å²) >= 11 is 0. The van der Waals surface area contributed by atoms with Crippen molar-refractivity contribution >= 4 is 17.6 Å². The Morgan fingerprint density at radius 2 is 2.00 bits per heavy atom. The number of hydrogen-bond donors (Lipinski definition) is 2. The highest BCUT2D eigenvalue weighted by Crippen LogP contribution is 2.31. The fraction of sp³-hybridized carbons (Fsp3) is 0.320. The molecule has 1 aromatic heterocycles. The van der Waals surface area contributed by atoms with Crippen molar-refractivity contribution in [1.82, 2.24) is 20.0 Å². The van der Waals surface area contributed by atoms with Gasteiger partial charge in [-0.1, -0.05) is 18.2 Å². The molecule has 184 valence electrons. The fourth-order valence-electron chi connectivity index (χ4n) is 3.70. The molecule has 3 aromatic rings. The van der Waals surface area contributed by atoms with Crippen molar-refractivity contribution < 1.29 is 23.8 Å². The number of ether oxygens (including phenoxy) is 3. The molecule has 0 atom stereocenters. The SMILES string of the molecule is COc1cccc(CN(C)C(=O)Nc2ccc(-c3cn[nH]c3)cc2OCC(=O)N2CCOCC2)c1. The molecular formula is C25H29N5O5. The Balaban J connectivity index is 1.47. The highest BCUT2D eigenvalue weighted by molar-refractivity contribution is 5.91. The van der Waals surface area contributed by atoms with E-state index in [4.69, 9.17) is 14.2 Å². The normalized spacial score (nSPS) is 13.3. The summed E-state index contributed by atoms with van der Waals surface area (Å²) in [6.45, 7) is 2.36. The summed E-state index contributed by atoms with van der Waals surface area (Å²) in [6, 6.07) is 12.6. The summed E-state index contributed by atoms with van der Waals surface area (Å²) in [7, 11) is 3.31. The Hall–Kier alpha value is -4.05. The average Bonchev–Trinajstić information content (AvgIpc) is 3.43. The van der Waals surface area contributed by atoms with Crippen LogP contribution in [0.3, 0.4) is 0 Å². The van der Waals surface area contributed by atoms with Crippen molar-refractivity contribution in [2.75, 3.05) is 52.4 Å². The molecule has 1 aliphatic rings. The number of H-pyrrole nitrogens is 1. The molecule has 2 aromatic carbocycles. The number of morpholine rings is 1. The molecule has 0 radical (unpaired) electrons. The molecule has 0 aliphatic carbocycles. The maximum Gasteiger partial charge on any atom is 0.321 e. The van der Waals surface area contributed by atoms with Gasteiger partial charge < -0.3 is 29.3 Å². The maximum atomic E-state index is 12.9. The Labute approximate surface area is 203 Å². The average molecular weight is 480 g/mol. The monoisotopic (exact) mass is 479 g/mol. The van der Waals surface area contributed by atoms with E-state index < -0.39 is 0 Å². The van der Waals surface area contributed by atoms with E-state index in [1.54, 1.807) is 48.5 Å². The topological polar surface area (TPSA) is 109 Å². The number of urea groups is 1. The molecule has 2 N–H and O–H groups in total. The van der Waals surface area contributed by atoms with Crippen LogP contribution in [0.25, 0.3) is 11.1 Å². The number of carbonyl (C=O) groups excluding carboxylic acids is 2. The Bertz CT molecular complexity index is 1140.